The fourth-order valence-electron chi connectivity index (χ4n) is 2.82. The topological polar surface area (TPSA) is 41.6 Å². The SMILES string of the molecule is CCCCOC(=O)NC1CCN(Cc2cccc(C)c2)CC1. The van der Waals surface area contributed by atoms with Gasteiger partial charge in [-0.05, 0) is 31.7 Å². The number of nitrogens with one attached hydrogen (secondary N) is 1. The second kappa shape index (κ2) is 8.79. The molecule has 0 spiro atoms. The lowest BCUT2D eigenvalue weighted by Gasteiger charge is -2.32. The van der Waals surface area contributed by atoms with Crippen LogP contribution in [0.25, 0.3) is 0 Å². The van der Waals surface area contributed by atoms with E-state index in [-0.39, 0.29) is 12.1 Å². The van der Waals surface area contributed by atoms with Gasteiger partial charge in [0, 0.05) is 25.7 Å². The predicted molar refractivity (Wildman–Crippen MR) is 88.9 cm³/mol. The number of piperidine rings is 1. The van der Waals surface area contributed by atoms with Crippen molar-refractivity contribution in [1.82, 2.24) is 10.2 Å². The van der Waals surface area contributed by atoms with Crippen molar-refractivity contribution >= 4 is 6.09 Å². The first-order valence-electron chi connectivity index (χ1n) is 8.38. The molecule has 0 radical (unpaired) electrons. The minimum atomic E-state index is -0.259. The van der Waals surface area contributed by atoms with Crippen LogP contribution in [0.4, 0.5) is 4.79 Å². The van der Waals surface area contributed by atoms with E-state index in [4.69, 9.17) is 4.74 Å². The van der Waals surface area contributed by atoms with Gasteiger partial charge in [-0.25, -0.2) is 4.79 Å². The molecule has 1 amide bonds. The molecule has 0 aliphatic carbocycles. The van der Waals surface area contributed by atoms with Gasteiger partial charge in [-0.15, -0.1) is 0 Å². The lowest BCUT2D eigenvalue weighted by Crippen LogP contribution is -2.44. The third-order valence-electron chi connectivity index (χ3n) is 4.13. The number of hydrogen-bond donors (Lipinski definition) is 1. The number of alkyl carbamates (subject to hydrolysis) is 1. The maximum atomic E-state index is 11.6. The van der Waals surface area contributed by atoms with Gasteiger partial charge in [0.2, 0.25) is 0 Å². The molecule has 0 aromatic heterocycles. The molecule has 1 aromatic carbocycles. The van der Waals surface area contributed by atoms with Crippen molar-refractivity contribution in [2.24, 2.45) is 0 Å². The summed E-state index contributed by atoms with van der Waals surface area (Å²) in [5.74, 6) is 0. The molecule has 1 saturated heterocycles. The molecule has 1 fully saturated rings. The van der Waals surface area contributed by atoms with E-state index in [1.807, 2.05) is 0 Å². The van der Waals surface area contributed by atoms with Crippen molar-refractivity contribution in [3.8, 4) is 0 Å². The predicted octanol–water partition coefficient (Wildman–Crippen LogP) is 3.49. The monoisotopic (exact) mass is 304 g/mol. The summed E-state index contributed by atoms with van der Waals surface area (Å²) < 4.78 is 5.16. The molecule has 0 bridgehead atoms. The Morgan fingerprint density at radius 3 is 2.82 bits per heavy atom. The minimum absolute atomic E-state index is 0.253. The highest BCUT2D eigenvalue weighted by Gasteiger charge is 2.21. The van der Waals surface area contributed by atoms with Gasteiger partial charge in [-0.3, -0.25) is 4.90 Å². The molecule has 122 valence electrons. The van der Waals surface area contributed by atoms with Crippen molar-refractivity contribution in [2.45, 2.75) is 52.1 Å². The van der Waals surface area contributed by atoms with Gasteiger partial charge in [0.1, 0.15) is 0 Å². The molecule has 1 N–H and O–H groups in total. The molecule has 1 aliphatic heterocycles. The van der Waals surface area contributed by atoms with Crippen LogP contribution in [0.5, 0.6) is 0 Å². The average Bonchev–Trinajstić information content (AvgIpc) is 2.50. The summed E-state index contributed by atoms with van der Waals surface area (Å²) in [6.45, 7) is 7.78. The molecule has 1 aliphatic rings. The Balaban J connectivity index is 1.68. The van der Waals surface area contributed by atoms with E-state index < -0.39 is 0 Å². The number of unbranched alkanes of at least 4 members (excludes halogenated alkanes) is 1. The number of rotatable bonds is 6. The van der Waals surface area contributed by atoms with Crippen LogP contribution in [-0.4, -0.2) is 36.7 Å². The molecule has 0 atom stereocenters. The second-order valence-electron chi connectivity index (χ2n) is 6.17. The van der Waals surface area contributed by atoms with E-state index in [0.717, 1.165) is 45.3 Å². The van der Waals surface area contributed by atoms with Crippen molar-refractivity contribution in [3.63, 3.8) is 0 Å². The van der Waals surface area contributed by atoms with Crippen LogP contribution in [-0.2, 0) is 11.3 Å². The van der Waals surface area contributed by atoms with Crippen molar-refractivity contribution in [2.75, 3.05) is 19.7 Å². The van der Waals surface area contributed by atoms with Crippen LogP contribution in [0.2, 0.25) is 0 Å². The summed E-state index contributed by atoms with van der Waals surface area (Å²) in [5, 5.41) is 2.98. The largest absolute Gasteiger partial charge is 0.450 e. The summed E-state index contributed by atoms with van der Waals surface area (Å²) in [5.41, 5.74) is 2.68. The summed E-state index contributed by atoms with van der Waals surface area (Å²) in [6.07, 6.45) is 3.71. The number of benzene rings is 1. The summed E-state index contributed by atoms with van der Waals surface area (Å²) in [4.78, 5) is 14.1. The summed E-state index contributed by atoms with van der Waals surface area (Å²) in [6, 6.07) is 8.93. The number of likely N-dealkylation sites (tertiary alicyclic amines) is 1. The van der Waals surface area contributed by atoms with Gasteiger partial charge in [0.25, 0.3) is 0 Å². The number of aryl methyl sites for hydroxylation is 1. The number of carbonyl (C=O) groups is 1. The molecule has 1 aromatic rings. The van der Waals surface area contributed by atoms with Gasteiger partial charge in [-0.1, -0.05) is 43.2 Å². The van der Waals surface area contributed by atoms with Crippen LogP contribution < -0.4 is 5.32 Å². The van der Waals surface area contributed by atoms with E-state index in [1.54, 1.807) is 0 Å². The Morgan fingerprint density at radius 1 is 1.36 bits per heavy atom. The average molecular weight is 304 g/mol. The summed E-state index contributed by atoms with van der Waals surface area (Å²) >= 11 is 0. The molecule has 2 rings (SSSR count). The van der Waals surface area contributed by atoms with Crippen LogP contribution in [0.15, 0.2) is 24.3 Å². The zero-order valence-corrected chi connectivity index (χ0v) is 13.8. The zero-order chi connectivity index (χ0) is 15.8. The first-order chi connectivity index (χ1) is 10.7. The maximum Gasteiger partial charge on any atom is 0.407 e. The van der Waals surface area contributed by atoms with Crippen LogP contribution in [0.3, 0.4) is 0 Å². The Labute approximate surface area is 133 Å². The highest BCUT2D eigenvalue weighted by atomic mass is 16.5. The van der Waals surface area contributed by atoms with E-state index in [1.165, 1.54) is 11.1 Å². The number of carbonyl (C=O) groups excluding carboxylic acids is 1. The minimum Gasteiger partial charge on any atom is -0.450 e. The van der Waals surface area contributed by atoms with E-state index in [2.05, 4.69) is 48.3 Å². The lowest BCUT2D eigenvalue weighted by atomic mass is 10.0. The fraction of sp³-hybridized carbons (Fsp3) is 0.611. The first kappa shape index (κ1) is 16.8. The van der Waals surface area contributed by atoms with Crippen LogP contribution in [0.1, 0.15) is 43.7 Å². The van der Waals surface area contributed by atoms with Crippen LogP contribution in [0, 0.1) is 6.92 Å². The number of amides is 1. The quantitative estimate of drug-likeness (QED) is 0.818. The zero-order valence-electron chi connectivity index (χ0n) is 13.8. The molecule has 0 unspecified atom stereocenters. The smallest absolute Gasteiger partial charge is 0.407 e. The standard InChI is InChI=1S/C18H28N2O2/c1-3-4-12-22-18(21)19-17-8-10-20(11-9-17)14-16-7-5-6-15(2)13-16/h5-7,13,17H,3-4,8-12,14H2,1-2H3,(H,19,21). The molecule has 1 heterocycles. The Bertz CT molecular complexity index is 468. The van der Waals surface area contributed by atoms with Gasteiger partial charge in [-0.2, -0.15) is 0 Å². The third kappa shape index (κ3) is 5.68. The van der Waals surface area contributed by atoms with E-state index >= 15 is 0 Å². The van der Waals surface area contributed by atoms with Gasteiger partial charge >= 0.3 is 6.09 Å². The van der Waals surface area contributed by atoms with Gasteiger partial charge < -0.3 is 10.1 Å². The molecule has 4 nitrogen and oxygen atoms in total. The van der Waals surface area contributed by atoms with Crippen molar-refractivity contribution in [1.29, 1.82) is 0 Å². The van der Waals surface area contributed by atoms with Crippen LogP contribution >= 0.6 is 0 Å². The maximum absolute atomic E-state index is 11.6. The Hall–Kier alpha value is -1.55. The fourth-order valence-corrected chi connectivity index (χ4v) is 2.82. The Morgan fingerprint density at radius 2 is 2.14 bits per heavy atom. The molecule has 22 heavy (non-hydrogen) atoms. The highest BCUT2D eigenvalue weighted by molar-refractivity contribution is 5.67. The van der Waals surface area contributed by atoms with Gasteiger partial charge in [0.15, 0.2) is 0 Å². The highest BCUT2D eigenvalue weighted by Crippen LogP contribution is 2.14. The van der Waals surface area contributed by atoms with Gasteiger partial charge in [0.05, 0.1) is 6.61 Å². The number of ether oxygens (including phenoxy) is 1. The molecular formula is C18H28N2O2. The second-order valence-corrected chi connectivity index (χ2v) is 6.17. The molecular weight excluding hydrogens is 276 g/mol. The normalized spacial score (nSPS) is 16.5. The van der Waals surface area contributed by atoms with Crippen molar-refractivity contribution < 1.29 is 9.53 Å². The Kier molecular flexibility index (Phi) is 6.72. The number of hydrogen-bond acceptors (Lipinski definition) is 3. The first-order valence-corrected chi connectivity index (χ1v) is 8.38. The number of nitrogens with zero attached hydrogens (tertiary/aromatic N) is 1. The lowest BCUT2D eigenvalue weighted by molar-refractivity contribution is 0.130. The third-order valence-corrected chi connectivity index (χ3v) is 4.13. The molecule has 4 heteroatoms. The van der Waals surface area contributed by atoms with E-state index in [0.29, 0.717) is 6.61 Å². The van der Waals surface area contributed by atoms with E-state index in [9.17, 15) is 4.79 Å². The van der Waals surface area contributed by atoms with Crippen molar-refractivity contribution in [3.05, 3.63) is 35.4 Å². The summed E-state index contributed by atoms with van der Waals surface area (Å²) in [7, 11) is 0. The molecule has 0 saturated carbocycles.